The van der Waals surface area contributed by atoms with Crippen molar-refractivity contribution in [1.82, 2.24) is 5.32 Å². The van der Waals surface area contributed by atoms with Gasteiger partial charge in [-0.2, -0.15) is 0 Å². The number of ether oxygens (including phenoxy) is 3. The first-order valence-electron chi connectivity index (χ1n) is 7.28. The monoisotopic (exact) mass is 271 g/mol. The smallest absolute Gasteiger partial charge is 0.222 e. The molecule has 1 amide bonds. The summed E-state index contributed by atoms with van der Waals surface area (Å²) in [6, 6.07) is 0.193. The van der Waals surface area contributed by atoms with Crippen LogP contribution in [0.3, 0.4) is 0 Å². The van der Waals surface area contributed by atoms with Gasteiger partial charge in [0.15, 0.2) is 5.79 Å². The first kappa shape index (κ1) is 14.8. The number of hydrogen-bond donors (Lipinski definition) is 1. The second-order valence-corrected chi connectivity index (χ2v) is 5.65. The van der Waals surface area contributed by atoms with E-state index in [1.165, 1.54) is 0 Å². The van der Waals surface area contributed by atoms with E-state index in [1.54, 1.807) is 0 Å². The molecule has 5 heteroatoms. The van der Waals surface area contributed by atoms with E-state index in [-0.39, 0.29) is 23.8 Å². The van der Waals surface area contributed by atoms with Gasteiger partial charge in [0.2, 0.25) is 5.91 Å². The molecule has 0 atom stereocenters. The SMILES string of the molecule is CC(C)NC(=O)CCOC1CCC2(CC1)OCCO2. The van der Waals surface area contributed by atoms with E-state index in [1.807, 2.05) is 13.8 Å². The van der Waals surface area contributed by atoms with E-state index in [0.717, 1.165) is 25.7 Å². The second kappa shape index (κ2) is 6.68. The van der Waals surface area contributed by atoms with Crippen molar-refractivity contribution in [2.45, 2.75) is 63.9 Å². The predicted molar refractivity (Wildman–Crippen MR) is 70.7 cm³/mol. The molecule has 2 rings (SSSR count). The van der Waals surface area contributed by atoms with Crippen LogP contribution in [-0.4, -0.2) is 43.7 Å². The summed E-state index contributed by atoms with van der Waals surface area (Å²) < 4.78 is 17.1. The summed E-state index contributed by atoms with van der Waals surface area (Å²) in [7, 11) is 0. The van der Waals surface area contributed by atoms with Crippen molar-refractivity contribution in [1.29, 1.82) is 0 Å². The van der Waals surface area contributed by atoms with E-state index < -0.39 is 0 Å². The summed E-state index contributed by atoms with van der Waals surface area (Å²) in [6.45, 7) is 5.83. The van der Waals surface area contributed by atoms with Crippen LogP contribution in [0.1, 0.15) is 46.0 Å². The van der Waals surface area contributed by atoms with Crippen LogP contribution in [0.5, 0.6) is 0 Å². The minimum Gasteiger partial charge on any atom is -0.378 e. The van der Waals surface area contributed by atoms with Crippen molar-refractivity contribution in [2.75, 3.05) is 19.8 Å². The van der Waals surface area contributed by atoms with Crippen molar-refractivity contribution in [3.8, 4) is 0 Å². The van der Waals surface area contributed by atoms with Gasteiger partial charge in [0.05, 0.1) is 25.9 Å². The Kier molecular flexibility index (Phi) is 5.19. The molecule has 110 valence electrons. The van der Waals surface area contributed by atoms with Crippen molar-refractivity contribution < 1.29 is 19.0 Å². The fourth-order valence-corrected chi connectivity index (χ4v) is 2.70. The highest BCUT2D eigenvalue weighted by Gasteiger charge is 2.40. The third-order valence-corrected chi connectivity index (χ3v) is 3.64. The molecule has 2 aliphatic rings. The molecule has 1 aliphatic heterocycles. The van der Waals surface area contributed by atoms with Crippen LogP contribution in [0.2, 0.25) is 0 Å². The third-order valence-electron chi connectivity index (χ3n) is 3.64. The lowest BCUT2D eigenvalue weighted by Crippen LogP contribution is -2.38. The molecular weight excluding hydrogens is 246 g/mol. The number of carbonyl (C=O) groups excluding carboxylic acids is 1. The molecule has 5 nitrogen and oxygen atoms in total. The van der Waals surface area contributed by atoms with Crippen molar-refractivity contribution in [3.05, 3.63) is 0 Å². The molecule has 1 saturated heterocycles. The summed E-state index contributed by atoms with van der Waals surface area (Å²) in [5.41, 5.74) is 0. The van der Waals surface area contributed by atoms with Gasteiger partial charge >= 0.3 is 0 Å². The fraction of sp³-hybridized carbons (Fsp3) is 0.929. The molecular formula is C14H25NO4. The summed E-state index contributed by atoms with van der Waals surface area (Å²) in [6.07, 6.45) is 4.38. The normalized spacial score (nSPS) is 23.1. The maximum Gasteiger partial charge on any atom is 0.222 e. The van der Waals surface area contributed by atoms with Crippen LogP contribution in [0.25, 0.3) is 0 Å². The molecule has 0 aromatic carbocycles. The van der Waals surface area contributed by atoms with E-state index in [2.05, 4.69) is 5.32 Å². The van der Waals surface area contributed by atoms with Crippen LogP contribution in [0, 0.1) is 0 Å². The van der Waals surface area contributed by atoms with Crippen molar-refractivity contribution in [3.63, 3.8) is 0 Å². The Morgan fingerprint density at radius 3 is 2.53 bits per heavy atom. The van der Waals surface area contributed by atoms with E-state index in [0.29, 0.717) is 26.2 Å². The molecule has 0 aromatic heterocycles. The van der Waals surface area contributed by atoms with Gasteiger partial charge < -0.3 is 19.5 Å². The van der Waals surface area contributed by atoms with Crippen molar-refractivity contribution >= 4 is 5.91 Å². The quantitative estimate of drug-likeness (QED) is 0.825. The van der Waals surface area contributed by atoms with Crippen LogP contribution >= 0.6 is 0 Å². The molecule has 0 radical (unpaired) electrons. The highest BCUT2D eigenvalue weighted by molar-refractivity contribution is 5.76. The highest BCUT2D eigenvalue weighted by atomic mass is 16.7. The van der Waals surface area contributed by atoms with Gasteiger partial charge in [0.1, 0.15) is 0 Å². The molecule has 1 heterocycles. The van der Waals surface area contributed by atoms with Crippen LogP contribution in [0.4, 0.5) is 0 Å². The molecule has 2 fully saturated rings. The first-order chi connectivity index (χ1) is 9.10. The predicted octanol–water partition coefficient (Wildman–Crippen LogP) is 1.60. The number of hydrogen-bond acceptors (Lipinski definition) is 4. The molecule has 19 heavy (non-hydrogen) atoms. The molecule has 0 aromatic rings. The molecule has 1 spiro atoms. The maximum absolute atomic E-state index is 11.5. The lowest BCUT2D eigenvalue weighted by molar-refractivity contribution is -0.191. The van der Waals surface area contributed by atoms with Gasteiger partial charge in [-0.3, -0.25) is 4.79 Å². The van der Waals surface area contributed by atoms with E-state index >= 15 is 0 Å². The minimum absolute atomic E-state index is 0.0599. The molecule has 0 unspecified atom stereocenters. The van der Waals surface area contributed by atoms with Gasteiger partial charge in [0, 0.05) is 25.3 Å². The fourth-order valence-electron chi connectivity index (χ4n) is 2.70. The minimum atomic E-state index is -0.325. The van der Waals surface area contributed by atoms with Gasteiger partial charge in [-0.15, -0.1) is 0 Å². The summed E-state index contributed by atoms with van der Waals surface area (Å²) in [4.78, 5) is 11.5. The van der Waals surface area contributed by atoms with Gasteiger partial charge in [0.25, 0.3) is 0 Å². The average molecular weight is 271 g/mol. The van der Waals surface area contributed by atoms with E-state index in [9.17, 15) is 4.79 Å². The summed E-state index contributed by atoms with van der Waals surface area (Å²) in [5, 5.41) is 2.86. The second-order valence-electron chi connectivity index (χ2n) is 5.65. The Morgan fingerprint density at radius 2 is 1.95 bits per heavy atom. The van der Waals surface area contributed by atoms with Gasteiger partial charge in [-0.25, -0.2) is 0 Å². The van der Waals surface area contributed by atoms with Crippen LogP contribution in [-0.2, 0) is 19.0 Å². The van der Waals surface area contributed by atoms with Crippen LogP contribution < -0.4 is 5.32 Å². The topological polar surface area (TPSA) is 56.8 Å². The number of nitrogens with one attached hydrogen (secondary N) is 1. The summed E-state index contributed by atoms with van der Waals surface area (Å²) in [5.74, 6) is -0.265. The number of amides is 1. The highest BCUT2D eigenvalue weighted by Crippen LogP contribution is 2.36. The first-order valence-corrected chi connectivity index (χ1v) is 7.28. The lowest BCUT2D eigenvalue weighted by atomic mass is 9.92. The van der Waals surface area contributed by atoms with Crippen molar-refractivity contribution in [2.24, 2.45) is 0 Å². The van der Waals surface area contributed by atoms with Gasteiger partial charge in [-0.05, 0) is 26.7 Å². The largest absolute Gasteiger partial charge is 0.378 e. The summed E-state index contributed by atoms with van der Waals surface area (Å²) >= 11 is 0. The lowest BCUT2D eigenvalue weighted by Gasteiger charge is -2.35. The number of rotatable bonds is 5. The Labute approximate surface area is 115 Å². The zero-order valence-corrected chi connectivity index (χ0v) is 11.9. The Balaban J connectivity index is 1.59. The Hall–Kier alpha value is -0.650. The zero-order valence-electron chi connectivity index (χ0n) is 11.9. The molecule has 1 aliphatic carbocycles. The zero-order chi connectivity index (χ0) is 13.7. The molecule has 1 N–H and O–H groups in total. The van der Waals surface area contributed by atoms with E-state index in [4.69, 9.17) is 14.2 Å². The molecule has 0 bridgehead atoms. The Bertz CT molecular complexity index is 290. The average Bonchev–Trinajstić information content (AvgIpc) is 2.80. The molecule has 1 saturated carbocycles. The Morgan fingerprint density at radius 1 is 1.32 bits per heavy atom. The van der Waals surface area contributed by atoms with Crippen LogP contribution in [0.15, 0.2) is 0 Å². The third kappa shape index (κ3) is 4.44. The standard InChI is InChI=1S/C14H25NO4/c1-11(2)15-13(16)5-8-17-12-3-6-14(7-4-12)18-9-10-19-14/h11-12H,3-10H2,1-2H3,(H,15,16). The number of carbonyl (C=O) groups is 1. The van der Waals surface area contributed by atoms with Gasteiger partial charge in [-0.1, -0.05) is 0 Å². The maximum atomic E-state index is 11.5.